The first kappa shape index (κ1) is 19.8. The maximum atomic E-state index is 12.3. The maximum Gasteiger partial charge on any atom is 0.337 e. The number of rotatable bonds is 3. The smallest absolute Gasteiger partial charge is 0.337 e. The fourth-order valence-electron chi connectivity index (χ4n) is 1.99. The van der Waals surface area contributed by atoms with E-state index in [0.717, 1.165) is 5.56 Å². The molecule has 0 saturated heterocycles. The number of benzene rings is 2. The Morgan fingerprint density at radius 3 is 2.44 bits per heavy atom. The van der Waals surface area contributed by atoms with Gasteiger partial charge in [-0.25, -0.2) is 4.79 Å². The number of carbonyl (C=O) groups is 2. The molecule has 2 rings (SSSR count). The number of hydrogen-bond donors (Lipinski definition) is 3. The van der Waals surface area contributed by atoms with E-state index in [9.17, 15) is 14.7 Å². The van der Waals surface area contributed by atoms with Crippen molar-refractivity contribution in [3.8, 4) is 0 Å². The Morgan fingerprint density at radius 1 is 1.16 bits per heavy atom. The number of nitrogens with one attached hydrogen (secondary N) is 2. The van der Waals surface area contributed by atoms with Crippen LogP contribution in [0.5, 0.6) is 0 Å². The number of carbonyl (C=O) groups excluding carboxylic acids is 1. The second-order valence-corrected chi connectivity index (χ2v) is 7.59. The largest absolute Gasteiger partial charge is 0.478 e. The molecule has 2 aromatic carbocycles. The molecule has 0 bridgehead atoms. The van der Waals surface area contributed by atoms with Gasteiger partial charge in [0, 0.05) is 8.95 Å². The molecule has 25 heavy (non-hydrogen) atoms. The lowest BCUT2D eigenvalue weighted by atomic mass is 10.1. The molecule has 5 nitrogen and oxygen atoms in total. The molecule has 0 heterocycles. The molecule has 0 aliphatic rings. The van der Waals surface area contributed by atoms with Crippen molar-refractivity contribution in [3.63, 3.8) is 0 Å². The lowest BCUT2D eigenvalue weighted by Crippen LogP contribution is -2.34. The Morgan fingerprint density at radius 2 is 1.84 bits per heavy atom. The summed E-state index contributed by atoms with van der Waals surface area (Å²) in [6.45, 7) is 1.86. The third-order valence-corrected chi connectivity index (χ3v) is 4.72. The molecule has 9 heteroatoms. The average Bonchev–Trinajstić information content (AvgIpc) is 2.49. The van der Waals surface area contributed by atoms with Gasteiger partial charge in [-0.15, -0.1) is 0 Å². The Labute approximate surface area is 171 Å². The molecule has 130 valence electrons. The van der Waals surface area contributed by atoms with Crippen molar-refractivity contribution in [3.05, 3.63) is 61.0 Å². The van der Waals surface area contributed by atoms with Gasteiger partial charge in [0.25, 0.3) is 5.91 Å². The predicted octanol–water partition coefficient (Wildman–Crippen LogP) is 5.00. The van der Waals surface area contributed by atoms with Crippen LogP contribution in [0.25, 0.3) is 0 Å². The zero-order valence-corrected chi connectivity index (χ0v) is 17.4. The lowest BCUT2D eigenvalue weighted by molar-refractivity contribution is 0.0697. The monoisotopic (exact) mass is 504 g/mol. The van der Waals surface area contributed by atoms with Gasteiger partial charge >= 0.3 is 5.97 Å². The highest BCUT2D eigenvalue weighted by molar-refractivity contribution is 9.11. The van der Waals surface area contributed by atoms with E-state index in [2.05, 4.69) is 42.5 Å². The van der Waals surface area contributed by atoms with E-state index in [-0.39, 0.29) is 21.9 Å². The SMILES string of the molecule is Cc1ccc(C(=O)NC(=S)Nc2c(Br)cc(Br)cc2C(=O)O)c(Cl)c1. The summed E-state index contributed by atoms with van der Waals surface area (Å²) in [7, 11) is 0. The van der Waals surface area contributed by atoms with Gasteiger partial charge in [-0.3, -0.25) is 10.1 Å². The van der Waals surface area contributed by atoms with E-state index < -0.39 is 11.9 Å². The van der Waals surface area contributed by atoms with Gasteiger partial charge in [0.15, 0.2) is 5.11 Å². The lowest BCUT2D eigenvalue weighted by Gasteiger charge is -2.14. The standard InChI is InChI=1S/C16H11Br2ClN2O3S/c1-7-2-3-9(12(19)4-7)14(22)21-16(25)20-13-10(15(23)24)5-8(17)6-11(13)18/h2-6H,1H3,(H,23,24)(H2,20,21,22,25). The summed E-state index contributed by atoms with van der Waals surface area (Å²) in [4.78, 5) is 23.7. The number of thiocarbonyl (C=S) groups is 1. The fourth-order valence-corrected chi connectivity index (χ4v) is 3.83. The van der Waals surface area contributed by atoms with Crippen LogP contribution < -0.4 is 10.6 Å². The zero-order valence-electron chi connectivity index (χ0n) is 12.7. The highest BCUT2D eigenvalue weighted by atomic mass is 79.9. The van der Waals surface area contributed by atoms with Crippen LogP contribution in [0.2, 0.25) is 5.02 Å². The molecule has 0 spiro atoms. The van der Waals surface area contributed by atoms with Gasteiger partial charge in [0.05, 0.1) is 21.8 Å². The van der Waals surface area contributed by atoms with Crippen LogP contribution in [0.3, 0.4) is 0 Å². The molecular weight excluding hydrogens is 496 g/mol. The molecule has 0 atom stereocenters. The van der Waals surface area contributed by atoms with Crippen LogP contribution in [0.15, 0.2) is 39.3 Å². The minimum Gasteiger partial charge on any atom is -0.478 e. The maximum absolute atomic E-state index is 12.3. The molecule has 0 unspecified atom stereocenters. The number of hydrogen-bond acceptors (Lipinski definition) is 3. The normalized spacial score (nSPS) is 10.2. The molecule has 0 aromatic heterocycles. The first-order valence-electron chi connectivity index (χ1n) is 6.80. The zero-order chi connectivity index (χ0) is 18.7. The van der Waals surface area contributed by atoms with E-state index in [4.69, 9.17) is 23.8 Å². The summed E-state index contributed by atoms with van der Waals surface area (Å²) in [5.41, 5.74) is 1.42. The molecule has 3 N–H and O–H groups in total. The number of carboxylic acids is 1. The molecular formula is C16H11Br2ClN2O3S. The number of halogens is 3. The summed E-state index contributed by atoms with van der Waals surface area (Å²) in [6, 6.07) is 8.10. The summed E-state index contributed by atoms with van der Waals surface area (Å²) < 4.78 is 1.06. The topological polar surface area (TPSA) is 78.4 Å². The minimum absolute atomic E-state index is 0.00813. The van der Waals surface area contributed by atoms with Crippen molar-refractivity contribution in [2.24, 2.45) is 0 Å². The van der Waals surface area contributed by atoms with Crippen molar-refractivity contribution in [2.45, 2.75) is 6.92 Å². The van der Waals surface area contributed by atoms with Crippen LogP contribution in [-0.2, 0) is 0 Å². The number of carboxylic acid groups (broad SMARTS) is 1. The third-order valence-electron chi connectivity index (χ3n) is 3.12. The molecule has 0 fully saturated rings. The molecule has 0 radical (unpaired) electrons. The van der Waals surface area contributed by atoms with Gasteiger partial charge < -0.3 is 10.4 Å². The van der Waals surface area contributed by atoms with Crippen LogP contribution in [0.4, 0.5) is 5.69 Å². The molecule has 0 saturated carbocycles. The summed E-state index contributed by atoms with van der Waals surface area (Å²) in [6.07, 6.45) is 0. The van der Waals surface area contributed by atoms with Gasteiger partial charge in [0.1, 0.15) is 0 Å². The highest BCUT2D eigenvalue weighted by Gasteiger charge is 2.17. The minimum atomic E-state index is -1.14. The van der Waals surface area contributed by atoms with Crippen LogP contribution in [0.1, 0.15) is 26.3 Å². The first-order valence-corrected chi connectivity index (χ1v) is 9.17. The van der Waals surface area contributed by atoms with Crippen LogP contribution in [-0.4, -0.2) is 22.1 Å². The van der Waals surface area contributed by atoms with Crippen molar-refractivity contribution in [1.82, 2.24) is 5.32 Å². The van der Waals surface area contributed by atoms with Crippen LogP contribution >= 0.6 is 55.7 Å². The summed E-state index contributed by atoms with van der Waals surface area (Å²) in [5, 5.41) is 14.8. The molecule has 0 aliphatic heterocycles. The van der Waals surface area contributed by atoms with E-state index in [1.54, 1.807) is 24.3 Å². The van der Waals surface area contributed by atoms with Crippen LogP contribution in [0, 0.1) is 6.92 Å². The Hall–Kier alpha value is -1.48. The number of aryl methyl sites for hydroxylation is 1. The summed E-state index contributed by atoms with van der Waals surface area (Å²) >= 11 is 17.7. The van der Waals surface area contributed by atoms with E-state index in [1.807, 2.05) is 6.92 Å². The third kappa shape index (κ3) is 5.01. The van der Waals surface area contributed by atoms with Crippen molar-refractivity contribution >= 4 is 78.4 Å². The van der Waals surface area contributed by atoms with E-state index >= 15 is 0 Å². The van der Waals surface area contributed by atoms with Gasteiger partial charge in [-0.2, -0.15) is 0 Å². The Bertz CT molecular complexity index is 890. The molecule has 0 aliphatic carbocycles. The Balaban J connectivity index is 2.21. The van der Waals surface area contributed by atoms with E-state index in [1.165, 1.54) is 6.07 Å². The fraction of sp³-hybridized carbons (Fsp3) is 0.0625. The molecule has 1 amide bonds. The molecule has 2 aromatic rings. The highest BCUT2D eigenvalue weighted by Crippen LogP contribution is 2.31. The number of amides is 1. The van der Waals surface area contributed by atoms with Crippen molar-refractivity contribution in [1.29, 1.82) is 0 Å². The second kappa shape index (κ2) is 8.27. The van der Waals surface area contributed by atoms with Gasteiger partial charge in [-0.1, -0.05) is 33.6 Å². The van der Waals surface area contributed by atoms with Gasteiger partial charge in [0.2, 0.25) is 0 Å². The predicted molar refractivity (Wildman–Crippen MR) is 109 cm³/mol. The average molecular weight is 507 g/mol. The van der Waals surface area contributed by atoms with E-state index in [0.29, 0.717) is 14.0 Å². The number of aromatic carboxylic acids is 1. The Kier molecular flexibility index (Phi) is 6.56. The van der Waals surface area contributed by atoms with Gasteiger partial charge in [-0.05, 0) is 64.9 Å². The van der Waals surface area contributed by atoms with Crippen molar-refractivity contribution < 1.29 is 14.7 Å². The first-order chi connectivity index (χ1) is 11.7. The number of anilines is 1. The second-order valence-electron chi connectivity index (χ2n) is 5.01. The van der Waals surface area contributed by atoms with Crippen molar-refractivity contribution in [2.75, 3.05) is 5.32 Å². The quantitative estimate of drug-likeness (QED) is 0.511. The summed E-state index contributed by atoms with van der Waals surface area (Å²) in [5.74, 6) is -1.63.